The zero-order valence-corrected chi connectivity index (χ0v) is 12.6. The van der Waals surface area contributed by atoms with Crippen molar-refractivity contribution in [2.24, 2.45) is 0 Å². The predicted octanol–water partition coefficient (Wildman–Crippen LogP) is 4.58. The van der Waals surface area contributed by atoms with Crippen LogP contribution in [-0.2, 0) is 0 Å². The molecular formula is C16H10F3NO2S. The van der Waals surface area contributed by atoms with E-state index in [1.807, 2.05) is 0 Å². The summed E-state index contributed by atoms with van der Waals surface area (Å²) in [6.07, 6.45) is 0. The van der Waals surface area contributed by atoms with Gasteiger partial charge in [-0.15, -0.1) is 11.3 Å². The van der Waals surface area contributed by atoms with Crippen molar-refractivity contribution in [2.75, 3.05) is 12.4 Å². The Labute approximate surface area is 133 Å². The van der Waals surface area contributed by atoms with Gasteiger partial charge in [-0.05, 0) is 24.3 Å². The summed E-state index contributed by atoms with van der Waals surface area (Å²) in [5, 5.41) is 2.59. The Hall–Kier alpha value is -2.54. The van der Waals surface area contributed by atoms with E-state index in [-0.39, 0.29) is 21.7 Å². The first-order valence-corrected chi connectivity index (χ1v) is 7.33. The highest BCUT2D eigenvalue weighted by Gasteiger charge is 2.22. The summed E-state index contributed by atoms with van der Waals surface area (Å²) in [5.74, 6) is -2.67. The summed E-state index contributed by atoms with van der Waals surface area (Å²) in [6, 6.07) is 7.12. The molecule has 3 nitrogen and oxygen atoms in total. The molecule has 118 valence electrons. The third-order valence-corrected chi connectivity index (χ3v) is 4.29. The van der Waals surface area contributed by atoms with E-state index >= 15 is 0 Å². The summed E-state index contributed by atoms with van der Waals surface area (Å²) in [5.41, 5.74) is -0.0347. The number of halogens is 3. The molecule has 0 bridgehead atoms. The number of carbonyl (C=O) groups excluding carboxylic acids is 1. The van der Waals surface area contributed by atoms with Crippen LogP contribution in [0.25, 0.3) is 10.1 Å². The zero-order valence-electron chi connectivity index (χ0n) is 11.8. The predicted molar refractivity (Wildman–Crippen MR) is 82.6 cm³/mol. The number of anilines is 1. The van der Waals surface area contributed by atoms with Gasteiger partial charge in [0.25, 0.3) is 5.91 Å². The Morgan fingerprint density at radius 2 is 1.83 bits per heavy atom. The third-order valence-electron chi connectivity index (χ3n) is 3.15. The monoisotopic (exact) mass is 337 g/mol. The second-order valence-electron chi connectivity index (χ2n) is 4.69. The van der Waals surface area contributed by atoms with Crippen LogP contribution >= 0.6 is 11.3 Å². The van der Waals surface area contributed by atoms with Gasteiger partial charge >= 0.3 is 0 Å². The average molecular weight is 337 g/mol. The maximum atomic E-state index is 13.9. The van der Waals surface area contributed by atoms with Gasteiger partial charge in [-0.3, -0.25) is 4.79 Å². The normalized spacial score (nSPS) is 10.8. The van der Waals surface area contributed by atoms with E-state index in [1.165, 1.54) is 19.2 Å². The molecule has 0 radical (unpaired) electrons. The van der Waals surface area contributed by atoms with Crippen molar-refractivity contribution in [3.05, 3.63) is 58.7 Å². The minimum absolute atomic E-state index is 0.0347. The molecule has 1 aromatic heterocycles. The maximum Gasteiger partial charge on any atom is 0.269 e. The summed E-state index contributed by atoms with van der Waals surface area (Å²) < 4.78 is 46.0. The fourth-order valence-electron chi connectivity index (χ4n) is 2.24. The molecule has 0 fully saturated rings. The van der Waals surface area contributed by atoms with E-state index in [0.29, 0.717) is 10.8 Å². The standard InChI is InChI=1S/C16H10F3NO2S/c1-22-14-13-11(19)3-2-4-12(13)23-15(14)16(21)20-10-6-8(17)5-9(18)7-10/h2-7H,1H3,(H,20,21). The number of methoxy groups -OCH3 is 1. The van der Waals surface area contributed by atoms with Gasteiger partial charge in [-0.1, -0.05) is 6.07 Å². The van der Waals surface area contributed by atoms with Crippen LogP contribution in [0.1, 0.15) is 9.67 Å². The summed E-state index contributed by atoms with van der Waals surface area (Å²) in [6.45, 7) is 0. The van der Waals surface area contributed by atoms with Crippen LogP contribution in [-0.4, -0.2) is 13.0 Å². The van der Waals surface area contributed by atoms with Crippen LogP contribution in [0.3, 0.4) is 0 Å². The highest BCUT2D eigenvalue weighted by molar-refractivity contribution is 7.21. The molecule has 1 heterocycles. The molecule has 2 aromatic carbocycles. The molecule has 0 aliphatic carbocycles. The zero-order chi connectivity index (χ0) is 16.6. The lowest BCUT2D eigenvalue weighted by molar-refractivity contribution is 0.102. The topological polar surface area (TPSA) is 38.3 Å². The Morgan fingerprint density at radius 1 is 1.13 bits per heavy atom. The maximum absolute atomic E-state index is 13.9. The first-order chi connectivity index (χ1) is 11.0. The van der Waals surface area contributed by atoms with Crippen LogP contribution < -0.4 is 10.1 Å². The molecule has 0 aliphatic rings. The van der Waals surface area contributed by atoms with Crippen molar-refractivity contribution in [1.29, 1.82) is 0 Å². The highest BCUT2D eigenvalue weighted by atomic mass is 32.1. The summed E-state index contributed by atoms with van der Waals surface area (Å²) in [4.78, 5) is 12.5. The molecule has 3 rings (SSSR count). The van der Waals surface area contributed by atoms with Crippen molar-refractivity contribution >= 4 is 33.0 Å². The third kappa shape index (κ3) is 2.87. The van der Waals surface area contributed by atoms with Gasteiger partial charge in [-0.2, -0.15) is 0 Å². The molecular weight excluding hydrogens is 327 g/mol. The van der Waals surface area contributed by atoms with Crippen molar-refractivity contribution < 1.29 is 22.7 Å². The van der Waals surface area contributed by atoms with Gasteiger partial charge in [0.1, 0.15) is 22.3 Å². The number of thiophene rings is 1. The molecule has 0 spiro atoms. The van der Waals surface area contributed by atoms with Gasteiger partial charge in [-0.25, -0.2) is 13.2 Å². The SMILES string of the molecule is COc1c(C(=O)Nc2cc(F)cc(F)c2)sc2cccc(F)c12. The molecule has 3 aromatic rings. The quantitative estimate of drug-likeness (QED) is 0.760. The molecule has 7 heteroatoms. The first-order valence-electron chi connectivity index (χ1n) is 6.52. The summed E-state index contributed by atoms with van der Waals surface area (Å²) in [7, 11) is 1.33. The molecule has 0 atom stereocenters. The Bertz CT molecular complexity index is 887. The lowest BCUT2D eigenvalue weighted by Gasteiger charge is -2.06. The number of benzene rings is 2. The second-order valence-corrected chi connectivity index (χ2v) is 5.74. The Kier molecular flexibility index (Phi) is 3.96. The minimum atomic E-state index is -0.811. The van der Waals surface area contributed by atoms with E-state index in [1.54, 1.807) is 6.07 Å². The van der Waals surface area contributed by atoms with Crippen LogP contribution in [0, 0.1) is 17.5 Å². The van der Waals surface area contributed by atoms with E-state index in [4.69, 9.17) is 4.74 Å². The fourth-order valence-corrected chi connectivity index (χ4v) is 3.32. The molecule has 1 amide bonds. The summed E-state index contributed by atoms with van der Waals surface area (Å²) >= 11 is 1.03. The number of nitrogens with one attached hydrogen (secondary N) is 1. The van der Waals surface area contributed by atoms with E-state index in [9.17, 15) is 18.0 Å². The van der Waals surface area contributed by atoms with Crippen molar-refractivity contribution in [2.45, 2.75) is 0 Å². The number of rotatable bonds is 3. The lowest BCUT2D eigenvalue weighted by Crippen LogP contribution is -2.11. The van der Waals surface area contributed by atoms with Crippen LogP contribution in [0.2, 0.25) is 0 Å². The number of fused-ring (bicyclic) bond motifs is 1. The average Bonchev–Trinajstić information content (AvgIpc) is 2.86. The second kappa shape index (κ2) is 5.92. The van der Waals surface area contributed by atoms with Gasteiger partial charge in [0.15, 0.2) is 5.75 Å². The Morgan fingerprint density at radius 3 is 2.48 bits per heavy atom. The van der Waals surface area contributed by atoms with Gasteiger partial charge in [0.05, 0.1) is 12.5 Å². The molecule has 0 aliphatic heterocycles. The van der Waals surface area contributed by atoms with Crippen molar-refractivity contribution in [3.63, 3.8) is 0 Å². The Balaban J connectivity index is 2.02. The number of hydrogen-bond acceptors (Lipinski definition) is 3. The van der Waals surface area contributed by atoms with Gasteiger partial charge in [0.2, 0.25) is 0 Å². The molecule has 0 saturated carbocycles. The molecule has 0 unspecified atom stereocenters. The first kappa shape index (κ1) is 15.4. The number of hydrogen-bond donors (Lipinski definition) is 1. The minimum Gasteiger partial charge on any atom is -0.494 e. The smallest absolute Gasteiger partial charge is 0.269 e. The largest absolute Gasteiger partial charge is 0.494 e. The fraction of sp³-hybridized carbons (Fsp3) is 0.0625. The van der Waals surface area contributed by atoms with E-state index in [0.717, 1.165) is 23.5 Å². The lowest BCUT2D eigenvalue weighted by atomic mass is 10.2. The van der Waals surface area contributed by atoms with Gasteiger partial charge in [0, 0.05) is 16.5 Å². The molecule has 0 saturated heterocycles. The van der Waals surface area contributed by atoms with Gasteiger partial charge < -0.3 is 10.1 Å². The van der Waals surface area contributed by atoms with Crippen LogP contribution in [0.15, 0.2) is 36.4 Å². The highest BCUT2D eigenvalue weighted by Crippen LogP contribution is 2.39. The number of ether oxygens (including phenoxy) is 1. The number of amides is 1. The van der Waals surface area contributed by atoms with E-state index < -0.39 is 23.4 Å². The number of carbonyl (C=O) groups is 1. The van der Waals surface area contributed by atoms with Crippen molar-refractivity contribution in [1.82, 2.24) is 0 Å². The van der Waals surface area contributed by atoms with Crippen molar-refractivity contribution in [3.8, 4) is 5.75 Å². The van der Waals surface area contributed by atoms with E-state index in [2.05, 4.69) is 5.32 Å². The van der Waals surface area contributed by atoms with Crippen LogP contribution in [0.4, 0.5) is 18.9 Å². The van der Waals surface area contributed by atoms with Crippen LogP contribution in [0.5, 0.6) is 5.75 Å². The molecule has 23 heavy (non-hydrogen) atoms. The molecule has 1 N–H and O–H groups in total.